The average molecular weight is 508 g/mol. The number of aliphatic hydroxyl groups excluding tert-OH is 1. The highest BCUT2D eigenvalue weighted by Crippen LogP contribution is 2.41. The molecule has 1 aliphatic rings. The van der Waals surface area contributed by atoms with Gasteiger partial charge in [-0.05, 0) is 41.2 Å². The van der Waals surface area contributed by atoms with Gasteiger partial charge >= 0.3 is 0 Å². The van der Waals surface area contributed by atoms with Crippen LogP contribution in [-0.4, -0.2) is 44.9 Å². The van der Waals surface area contributed by atoms with Crippen LogP contribution in [0.25, 0.3) is 5.76 Å². The number of imidazole rings is 1. The number of Topliss-reactive ketones (excluding diaryl/α,β-unsaturated/α-hetero) is 1. The molecule has 8 heteroatoms. The van der Waals surface area contributed by atoms with Gasteiger partial charge in [-0.15, -0.1) is 0 Å². The summed E-state index contributed by atoms with van der Waals surface area (Å²) in [6.45, 7) is 7.36. The van der Waals surface area contributed by atoms with E-state index in [1.54, 1.807) is 29.6 Å². The number of carbonyl (C=O) groups excluding carboxylic acids is 2. The highest BCUT2D eigenvalue weighted by molar-refractivity contribution is 6.46. The Bertz CT molecular complexity index is 1290. The van der Waals surface area contributed by atoms with Crippen LogP contribution in [0.1, 0.15) is 49.9 Å². The van der Waals surface area contributed by atoms with E-state index >= 15 is 0 Å². The Morgan fingerprint density at radius 2 is 1.83 bits per heavy atom. The third kappa shape index (κ3) is 5.02. The van der Waals surface area contributed by atoms with E-state index in [1.807, 2.05) is 35.0 Å². The van der Waals surface area contributed by atoms with E-state index in [0.29, 0.717) is 35.8 Å². The summed E-state index contributed by atoms with van der Waals surface area (Å²) in [5, 5.41) is 11.6. The van der Waals surface area contributed by atoms with Crippen molar-refractivity contribution in [3.63, 3.8) is 0 Å². The number of ketones is 1. The second-order valence-electron chi connectivity index (χ2n) is 9.87. The molecule has 1 saturated heterocycles. The van der Waals surface area contributed by atoms with E-state index in [-0.39, 0.29) is 16.7 Å². The molecule has 1 amide bonds. The number of amides is 1. The molecule has 188 valence electrons. The summed E-state index contributed by atoms with van der Waals surface area (Å²) in [5.41, 5.74) is 2.22. The summed E-state index contributed by atoms with van der Waals surface area (Å²) in [5.74, 6) is -1.17. The number of rotatable bonds is 7. The van der Waals surface area contributed by atoms with Gasteiger partial charge in [-0.2, -0.15) is 0 Å². The standard InChI is InChI=1S/C28H30ClN3O4/c1-28(2,3)20-9-6-18(7-10-20)24-23(25(33)19-8-11-22(36-4)21(29)16-19)26(34)27(35)32(24)14-5-13-31-15-12-30-17-31/h6-12,15-17,24,33H,5,13-14H2,1-4H3/t24-/m0/s1. The maximum absolute atomic E-state index is 13.3. The number of hydrogen-bond acceptors (Lipinski definition) is 5. The number of carbonyl (C=O) groups is 2. The number of likely N-dealkylation sites (tertiary alicyclic amines) is 1. The van der Waals surface area contributed by atoms with Crippen molar-refractivity contribution in [2.24, 2.45) is 0 Å². The zero-order chi connectivity index (χ0) is 26.0. The molecule has 1 aliphatic heterocycles. The van der Waals surface area contributed by atoms with Gasteiger partial charge < -0.3 is 19.3 Å². The highest BCUT2D eigenvalue weighted by atomic mass is 35.5. The van der Waals surface area contributed by atoms with Crippen molar-refractivity contribution in [2.75, 3.05) is 13.7 Å². The number of aromatic nitrogens is 2. The molecule has 1 aromatic heterocycles. The molecule has 1 fully saturated rings. The zero-order valence-corrected chi connectivity index (χ0v) is 21.6. The highest BCUT2D eigenvalue weighted by Gasteiger charge is 2.45. The van der Waals surface area contributed by atoms with Crippen LogP contribution >= 0.6 is 11.6 Å². The molecule has 4 rings (SSSR count). The Balaban J connectivity index is 1.76. The number of aryl methyl sites for hydroxylation is 1. The van der Waals surface area contributed by atoms with Crippen molar-refractivity contribution in [1.29, 1.82) is 0 Å². The van der Waals surface area contributed by atoms with E-state index in [9.17, 15) is 14.7 Å². The van der Waals surface area contributed by atoms with E-state index in [0.717, 1.165) is 11.1 Å². The van der Waals surface area contributed by atoms with Gasteiger partial charge in [0.25, 0.3) is 11.7 Å². The summed E-state index contributed by atoms with van der Waals surface area (Å²) in [6.07, 6.45) is 5.88. The van der Waals surface area contributed by atoms with Crippen LogP contribution in [-0.2, 0) is 21.5 Å². The minimum Gasteiger partial charge on any atom is -0.507 e. The predicted octanol–water partition coefficient (Wildman–Crippen LogP) is 5.35. The summed E-state index contributed by atoms with van der Waals surface area (Å²) < 4.78 is 7.12. The first kappa shape index (κ1) is 25.5. The van der Waals surface area contributed by atoms with Crippen molar-refractivity contribution >= 4 is 29.1 Å². The third-order valence-electron chi connectivity index (χ3n) is 6.43. The molecular formula is C28H30ClN3O4. The van der Waals surface area contributed by atoms with Gasteiger partial charge in [0.1, 0.15) is 11.5 Å². The number of methoxy groups -OCH3 is 1. The Labute approximate surface area is 216 Å². The van der Waals surface area contributed by atoms with E-state index < -0.39 is 17.7 Å². The molecule has 0 unspecified atom stereocenters. The fourth-order valence-corrected chi connectivity index (χ4v) is 4.69. The molecule has 0 saturated carbocycles. The minimum absolute atomic E-state index is 0.0485. The van der Waals surface area contributed by atoms with Crippen molar-refractivity contribution in [1.82, 2.24) is 14.5 Å². The molecule has 1 atom stereocenters. The van der Waals surface area contributed by atoms with Crippen LogP contribution in [0.2, 0.25) is 5.02 Å². The van der Waals surface area contributed by atoms with Gasteiger partial charge in [-0.3, -0.25) is 9.59 Å². The van der Waals surface area contributed by atoms with Crippen LogP contribution in [0.15, 0.2) is 66.8 Å². The summed E-state index contributed by atoms with van der Waals surface area (Å²) in [4.78, 5) is 32.0. The zero-order valence-electron chi connectivity index (χ0n) is 20.9. The third-order valence-corrected chi connectivity index (χ3v) is 6.73. The Morgan fingerprint density at radius 3 is 2.42 bits per heavy atom. The summed E-state index contributed by atoms with van der Waals surface area (Å²) >= 11 is 6.28. The Kier molecular flexibility index (Phi) is 7.22. The second kappa shape index (κ2) is 10.2. The van der Waals surface area contributed by atoms with Crippen molar-refractivity contribution in [3.05, 3.63) is 88.5 Å². The van der Waals surface area contributed by atoms with Gasteiger partial charge in [0.2, 0.25) is 0 Å². The molecule has 0 spiro atoms. The minimum atomic E-state index is -0.720. The molecule has 7 nitrogen and oxygen atoms in total. The summed E-state index contributed by atoms with van der Waals surface area (Å²) in [7, 11) is 1.50. The fourth-order valence-electron chi connectivity index (χ4n) is 4.43. The number of benzene rings is 2. The van der Waals surface area contributed by atoms with E-state index in [4.69, 9.17) is 16.3 Å². The largest absolute Gasteiger partial charge is 0.507 e. The number of nitrogens with zero attached hydrogens (tertiary/aromatic N) is 3. The van der Waals surface area contributed by atoms with Gasteiger partial charge in [0.05, 0.1) is 30.1 Å². The SMILES string of the molecule is COc1ccc(C(O)=C2C(=O)C(=O)N(CCCn3ccnc3)[C@H]2c2ccc(C(C)(C)C)cc2)cc1Cl. The number of aliphatic hydroxyl groups is 1. The molecule has 0 aliphatic carbocycles. The number of hydrogen-bond donors (Lipinski definition) is 1. The van der Waals surface area contributed by atoms with Gasteiger partial charge in [-0.1, -0.05) is 56.6 Å². The van der Waals surface area contributed by atoms with Crippen LogP contribution in [0.3, 0.4) is 0 Å². The van der Waals surface area contributed by atoms with Gasteiger partial charge in [0, 0.05) is 31.0 Å². The number of halogens is 1. The number of ether oxygens (including phenoxy) is 1. The lowest BCUT2D eigenvalue weighted by molar-refractivity contribution is -0.139. The predicted molar refractivity (Wildman–Crippen MR) is 139 cm³/mol. The first-order valence-electron chi connectivity index (χ1n) is 11.8. The fraction of sp³-hybridized carbons (Fsp3) is 0.321. The molecular weight excluding hydrogens is 478 g/mol. The monoisotopic (exact) mass is 507 g/mol. The average Bonchev–Trinajstić information content (AvgIpc) is 3.45. The topological polar surface area (TPSA) is 84.7 Å². The molecule has 36 heavy (non-hydrogen) atoms. The quantitative estimate of drug-likeness (QED) is 0.264. The van der Waals surface area contributed by atoms with Crippen LogP contribution in [0.4, 0.5) is 0 Å². The van der Waals surface area contributed by atoms with E-state index in [2.05, 4.69) is 25.8 Å². The van der Waals surface area contributed by atoms with Gasteiger partial charge in [0.15, 0.2) is 0 Å². The van der Waals surface area contributed by atoms with Gasteiger partial charge in [-0.25, -0.2) is 4.98 Å². The molecule has 2 heterocycles. The summed E-state index contributed by atoms with van der Waals surface area (Å²) in [6, 6.07) is 11.9. The van der Waals surface area contributed by atoms with Crippen molar-refractivity contribution in [3.8, 4) is 5.75 Å². The second-order valence-corrected chi connectivity index (χ2v) is 10.3. The molecule has 2 aromatic carbocycles. The maximum atomic E-state index is 13.3. The van der Waals surface area contributed by atoms with Crippen molar-refractivity contribution in [2.45, 2.75) is 45.2 Å². The molecule has 3 aromatic rings. The Hall–Kier alpha value is -3.58. The lowest BCUT2D eigenvalue weighted by Crippen LogP contribution is -2.31. The molecule has 0 radical (unpaired) electrons. The van der Waals surface area contributed by atoms with Crippen molar-refractivity contribution < 1.29 is 19.4 Å². The Morgan fingerprint density at radius 1 is 1.11 bits per heavy atom. The van der Waals surface area contributed by atoms with Crippen LogP contribution < -0.4 is 4.74 Å². The maximum Gasteiger partial charge on any atom is 0.295 e. The lowest BCUT2D eigenvalue weighted by atomic mass is 9.85. The normalized spacial score (nSPS) is 17.6. The molecule has 0 bridgehead atoms. The van der Waals surface area contributed by atoms with Crippen LogP contribution in [0, 0.1) is 0 Å². The van der Waals surface area contributed by atoms with Crippen LogP contribution in [0.5, 0.6) is 5.75 Å². The lowest BCUT2D eigenvalue weighted by Gasteiger charge is -2.26. The van der Waals surface area contributed by atoms with E-state index in [1.165, 1.54) is 13.2 Å². The first-order chi connectivity index (χ1) is 17.1. The first-order valence-corrected chi connectivity index (χ1v) is 12.2. The smallest absolute Gasteiger partial charge is 0.295 e. The molecule has 1 N–H and O–H groups in total.